The van der Waals surface area contributed by atoms with Gasteiger partial charge in [0.1, 0.15) is 6.04 Å². The van der Waals surface area contributed by atoms with Gasteiger partial charge in [0.2, 0.25) is 5.91 Å². The first kappa shape index (κ1) is 25.1. The molecule has 10 heteroatoms. The largest absolute Gasteiger partial charge is 0.435 e. The molecule has 2 aromatic rings. The zero-order chi connectivity index (χ0) is 24.2. The van der Waals surface area contributed by atoms with Crippen LogP contribution in [0.5, 0.6) is 0 Å². The normalized spacial score (nSPS) is 17.4. The molecule has 3 rings (SSSR count). The summed E-state index contributed by atoms with van der Waals surface area (Å²) >= 11 is 1.52. The molecule has 0 aliphatic carbocycles. The molecule has 2 amide bonds. The highest BCUT2D eigenvalue weighted by Crippen LogP contribution is 2.27. The number of carbonyl (C=O) groups is 2. The number of amides is 2. The topological polar surface area (TPSA) is 67.2 Å². The smallest absolute Gasteiger partial charge is 0.352 e. The molecule has 1 aliphatic heterocycles. The molecule has 1 aliphatic rings. The van der Waals surface area contributed by atoms with Crippen LogP contribution >= 0.6 is 11.8 Å². The Morgan fingerprint density at radius 2 is 1.97 bits per heavy atom. The van der Waals surface area contributed by atoms with Crippen molar-refractivity contribution in [1.82, 2.24) is 20.0 Å². The van der Waals surface area contributed by atoms with Crippen LogP contribution in [0.15, 0.2) is 36.5 Å². The Morgan fingerprint density at radius 1 is 1.21 bits per heavy atom. The number of halogens is 3. The molecule has 1 aromatic carbocycles. The SMILES string of the molecule is CC(C)CCC(C)NC(=O)C1CSCN1C(=O)c1cccc(Cn2ccc(C(F)(F)F)n2)c1. The molecule has 0 radical (unpaired) electrons. The highest BCUT2D eigenvalue weighted by Gasteiger charge is 2.36. The molecule has 1 aromatic heterocycles. The van der Waals surface area contributed by atoms with E-state index in [1.807, 2.05) is 6.92 Å². The summed E-state index contributed by atoms with van der Waals surface area (Å²) in [5.41, 5.74) is 0.0805. The number of alkyl halides is 3. The van der Waals surface area contributed by atoms with Crippen LogP contribution in [0.2, 0.25) is 0 Å². The van der Waals surface area contributed by atoms with Gasteiger partial charge in [-0.3, -0.25) is 14.3 Å². The second-order valence-electron chi connectivity index (χ2n) is 8.77. The Morgan fingerprint density at radius 3 is 2.64 bits per heavy atom. The molecule has 2 unspecified atom stereocenters. The Balaban J connectivity index is 1.66. The number of hydrogen-bond donors (Lipinski definition) is 1. The molecular weight excluding hydrogens is 453 g/mol. The molecule has 6 nitrogen and oxygen atoms in total. The van der Waals surface area contributed by atoms with Gasteiger partial charge < -0.3 is 10.2 Å². The Hall–Kier alpha value is -2.49. The van der Waals surface area contributed by atoms with Crippen LogP contribution in [0, 0.1) is 5.92 Å². The number of nitrogens with zero attached hydrogens (tertiary/aromatic N) is 3. The van der Waals surface area contributed by atoms with Crippen molar-refractivity contribution in [2.45, 2.75) is 58.4 Å². The Bertz CT molecular complexity index is 977. The minimum Gasteiger partial charge on any atom is -0.352 e. The lowest BCUT2D eigenvalue weighted by Crippen LogP contribution is -2.49. The highest BCUT2D eigenvalue weighted by molar-refractivity contribution is 7.99. The van der Waals surface area contributed by atoms with Crippen molar-refractivity contribution in [3.63, 3.8) is 0 Å². The van der Waals surface area contributed by atoms with Gasteiger partial charge in [-0.15, -0.1) is 11.8 Å². The van der Waals surface area contributed by atoms with Gasteiger partial charge in [-0.2, -0.15) is 18.3 Å². The number of aromatic nitrogens is 2. The van der Waals surface area contributed by atoms with Crippen LogP contribution in [0.1, 0.15) is 55.2 Å². The number of benzene rings is 1. The van der Waals surface area contributed by atoms with Gasteiger partial charge in [0.25, 0.3) is 5.91 Å². The second kappa shape index (κ2) is 10.6. The molecule has 2 heterocycles. The average Bonchev–Trinajstić information content (AvgIpc) is 3.41. The lowest BCUT2D eigenvalue weighted by Gasteiger charge is -2.25. The standard InChI is InChI=1S/C23H29F3N4O2S/c1-15(2)7-8-16(3)27-21(31)19-13-33-14-30(19)22(32)18-6-4-5-17(11-18)12-29-10-9-20(28-29)23(24,25)26/h4-6,9-11,15-16,19H,7-8,12-14H2,1-3H3,(H,27,31). The maximum Gasteiger partial charge on any atom is 0.435 e. The predicted molar refractivity (Wildman–Crippen MR) is 122 cm³/mol. The van der Waals surface area contributed by atoms with E-state index in [0.717, 1.165) is 18.9 Å². The van der Waals surface area contributed by atoms with Crippen molar-refractivity contribution in [2.75, 3.05) is 11.6 Å². The summed E-state index contributed by atoms with van der Waals surface area (Å²) in [6.45, 7) is 6.34. The van der Waals surface area contributed by atoms with Gasteiger partial charge in [-0.1, -0.05) is 26.0 Å². The van der Waals surface area contributed by atoms with Crippen molar-refractivity contribution in [3.05, 3.63) is 53.3 Å². The van der Waals surface area contributed by atoms with E-state index >= 15 is 0 Å². The van der Waals surface area contributed by atoms with E-state index in [2.05, 4.69) is 24.3 Å². The molecule has 1 fully saturated rings. The predicted octanol–water partition coefficient (Wildman–Crippen LogP) is 4.41. The minimum atomic E-state index is -4.50. The van der Waals surface area contributed by atoms with Crippen molar-refractivity contribution in [1.29, 1.82) is 0 Å². The summed E-state index contributed by atoms with van der Waals surface area (Å²) in [7, 11) is 0. The number of hydrogen-bond acceptors (Lipinski definition) is 4. The van der Waals surface area contributed by atoms with E-state index in [1.54, 1.807) is 29.2 Å². The quantitative estimate of drug-likeness (QED) is 0.606. The van der Waals surface area contributed by atoms with E-state index in [9.17, 15) is 22.8 Å². The summed E-state index contributed by atoms with van der Waals surface area (Å²) in [6.07, 6.45) is -1.35. The number of rotatable bonds is 8. The molecule has 180 valence electrons. The number of nitrogens with one attached hydrogen (secondary N) is 1. The van der Waals surface area contributed by atoms with Crippen LogP contribution in [0.4, 0.5) is 13.2 Å². The molecule has 0 spiro atoms. The number of carbonyl (C=O) groups excluding carboxylic acids is 2. The first-order valence-electron chi connectivity index (χ1n) is 10.9. The summed E-state index contributed by atoms with van der Waals surface area (Å²) in [4.78, 5) is 27.5. The third-order valence-corrected chi connectivity index (χ3v) is 6.47. The Kier molecular flexibility index (Phi) is 8.10. The van der Waals surface area contributed by atoms with Crippen LogP contribution in [0.3, 0.4) is 0 Å². The summed E-state index contributed by atoms with van der Waals surface area (Å²) in [6, 6.07) is 7.10. The summed E-state index contributed by atoms with van der Waals surface area (Å²) in [5.74, 6) is 1.07. The molecule has 0 saturated carbocycles. The van der Waals surface area contributed by atoms with E-state index in [0.29, 0.717) is 28.7 Å². The summed E-state index contributed by atoms with van der Waals surface area (Å²) in [5, 5.41) is 6.58. The maximum atomic E-state index is 13.2. The van der Waals surface area contributed by atoms with Crippen LogP contribution in [-0.2, 0) is 17.5 Å². The molecule has 1 N–H and O–H groups in total. The molecular formula is C23H29F3N4O2S. The van der Waals surface area contributed by atoms with Gasteiger partial charge in [0.05, 0.1) is 12.4 Å². The van der Waals surface area contributed by atoms with E-state index < -0.39 is 17.9 Å². The highest BCUT2D eigenvalue weighted by atomic mass is 32.2. The third kappa shape index (κ3) is 6.75. The fourth-order valence-corrected chi connectivity index (χ4v) is 4.76. The van der Waals surface area contributed by atoms with Crippen LogP contribution < -0.4 is 5.32 Å². The first-order chi connectivity index (χ1) is 15.5. The summed E-state index contributed by atoms with van der Waals surface area (Å²) < 4.78 is 39.5. The van der Waals surface area contributed by atoms with Crippen molar-refractivity contribution in [3.8, 4) is 0 Å². The van der Waals surface area contributed by atoms with Gasteiger partial charge >= 0.3 is 6.18 Å². The minimum absolute atomic E-state index is 0.0291. The van der Waals surface area contributed by atoms with Gasteiger partial charge in [0, 0.05) is 23.6 Å². The fourth-order valence-electron chi connectivity index (χ4n) is 3.61. The lowest BCUT2D eigenvalue weighted by molar-refractivity contribution is -0.141. The van der Waals surface area contributed by atoms with Gasteiger partial charge in [-0.05, 0) is 49.4 Å². The van der Waals surface area contributed by atoms with Crippen molar-refractivity contribution in [2.24, 2.45) is 5.92 Å². The lowest BCUT2D eigenvalue weighted by atomic mass is 10.0. The number of thioether (sulfide) groups is 1. The average molecular weight is 483 g/mol. The van der Waals surface area contributed by atoms with Crippen molar-refractivity contribution >= 4 is 23.6 Å². The Labute approximate surface area is 195 Å². The molecule has 1 saturated heterocycles. The van der Waals surface area contributed by atoms with Crippen LogP contribution in [-0.4, -0.2) is 50.2 Å². The zero-order valence-corrected chi connectivity index (χ0v) is 19.7. The third-order valence-electron chi connectivity index (χ3n) is 5.46. The van der Waals surface area contributed by atoms with Gasteiger partial charge in [0.15, 0.2) is 5.69 Å². The second-order valence-corrected chi connectivity index (χ2v) is 9.77. The maximum absolute atomic E-state index is 13.2. The van der Waals surface area contributed by atoms with Crippen molar-refractivity contribution < 1.29 is 22.8 Å². The molecule has 2 atom stereocenters. The zero-order valence-electron chi connectivity index (χ0n) is 18.9. The molecule has 33 heavy (non-hydrogen) atoms. The monoisotopic (exact) mass is 482 g/mol. The van der Waals surface area contributed by atoms with E-state index in [1.165, 1.54) is 22.6 Å². The fraction of sp³-hybridized carbons (Fsp3) is 0.522. The first-order valence-corrected chi connectivity index (χ1v) is 12.1. The van der Waals surface area contributed by atoms with E-state index in [4.69, 9.17) is 0 Å². The van der Waals surface area contributed by atoms with E-state index in [-0.39, 0.29) is 24.4 Å². The van der Waals surface area contributed by atoms with Gasteiger partial charge in [-0.25, -0.2) is 0 Å². The van der Waals surface area contributed by atoms with Crippen LogP contribution in [0.25, 0.3) is 0 Å². The molecule has 0 bridgehead atoms.